The molecule has 1 amide bonds. The second kappa shape index (κ2) is 6.36. The molecule has 108 valence electrons. The van der Waals surface area contributed by atoms with Crippen LogP contribution in [-0.4, -0.2) is 21.9 Å². The number of carbonyl (C=O) groups excluding carboxylic acids is 1. The summed E-state index contributed by atoms with van der Waals surface area (Å²) in [6.07, 6.45) is 5.82. The Morgan fingerprint density at radius 1 is 1.40 bits per heavy atom. The molecule has 1 aliphatic carbocycles. The van der Waals surface area contributed by atoms with Crippen LogP contribution in [0.2, 0.25) is 0 Å². The quantitative estimate of drug-likeness (QED) is 0.335. The van der Waals surface area contributed by atoms with Crippen molar-refractivity contribution >= 4 is 11.7 Å². The van der Waals surface area contributed by atoms with Gasteiger partial charge in [0, 0.05) is 6.20 Å². The highest BCUT2D eigenvalue weighted by Gasteiger charge is 2.43. The van der Waals surface area contributed by atoms with E-state index in [2.05, 4.69) is 15.5 Å². The number of oxime groups is 1. The summed E-state index contributed by atoms with van der Waals surface area (Å²) in [6.45, 7) is 0.347. The first-order chi connectivity index (χ1) is 9.69. The third-order valence-corrected chi connectivity index (χ3v) is 3.90. The molecule has 0 aliphatic heterocycles. The molecule has 1 saturated carbocycles. The average Bonchev–Trinajstić information content (AvgIpc) is 2.53. The minimum Gasteiger partial charge on any atom is -0.409 e. The van der Waals surface area contributed by atoms with Gasteiger partial charge in [0.25, 0.3) is 0 Å². The Labute approximate surface area is 118 Å². The first kappa shape index (κ1) is 14.3. The summed E-state index contributed by atoms with van der Waals surface area (Å²) in [6, 6.07) is 5.54. The Kier molecular flexibility index (Phi) is 4.55. The standard InChI is InChI=1S/C14H20N4O2/c15-12(18-20)14(7-3-1-4-8-14)13(19)17-10-11-6-2-5-9-16-11/h2,5-6,9,20H,1,3-4,7-8,10H2,(H2,15,18)(H,17,19). The molecule has 1 aliphatic rings. The lowest BCUT2D eigenvalue weighted by Gasteiger charge is -2.34. The maximum absolute atomic E-state index is 12.5. The summed E-state index contributed by atoms with van der Waals surface area (Å²) in [5.74, 6) is -0.172. The largest absolute Gasteiger partial charge is 0.409 e. The number of nitrogens with two attached hydrogens (primary N) is 1. The van der Waals surface area contributed by atoms with Crippen molar-refractivity contribution in [2.75, 3.05) is 0 Å². The van der Waals surface area contributed by atoms with Gasteiger partial charge in [0.05, 0.1) is 12.2 Å². The molecule has 6 nitrogen and oxygen atoms in total. The molecule has 0 saturated heterocycles. The smallest absolute Gasteiger partial charge is 0.234 e. The number of nitrogens with one attached hydrogen (secondary N) is 1. The second-order valence-electron chi connectivity index (χ2n) is 5.13. The number of amidine groups is 1. The Morgan fingerprint density at radius 3 is 2.75 bits per heavy atom. The first-order valence-electron chi connectivity index (χ1n) is 6.85. The Bertz CT molecular complexity index is 481. The van der Waals surface area contributed by atoms with Gasteiger partial charge in [0.15, 0.2) is 5.84 Å². The summed E-state index contributed by atoms with van der Waals surface area (Å²) in [5.41, 5.74) is 5.69. The van der Waals surface area contributed by atoms with Crippen molar-refractivity contribution in [1.29, 1.82) is 0 Å². The van der Waals surface area contributed by atoms with Gasteiger partial charge in [-0.25, -0.2) is 0 Å². The summed E-state index contributed by atoms with van der Waals surface area (Å²) < 4.78 is 0. The van der Waals surface area contributed by atoms with Crippen molar-refractivity contribution < 1.29 is 10.0 Å². The van der Waals surface area contributed by atoms with Gasteiger partial charge in [-0.2, -0.15) is 0 Å². The van der Waals surface area contributed by atoms with Gasteiger partial charge in [0.1, 0.15) is 5.41 Å². The maximum Gasteiger partial charge on any atom is 0.234 e. The molecule has 1 aromatic rings. The van der Waals surface area contributed by atoms with E-state index in [1.54, 1.807) is 6.20 Å². The average molecular weight is 276 g/mol. The fourth-order valence-corrected chi connectivity index (χ4v) is 2.69. The van der Waals surface area contributed by atoms with E-state index < -0.39 is 5.41 Å². The van der Waals surface area contributed by atoms with Crippen LogP contribution in [0.4, 0.5) is 0 Å². The van der Waals surface area contributed by atoms with Crippen LogP contribution in [0.15, 0.2) is 29.6 Å². The third kappa shape index (κ3) is 2.89. The molecular weight excluding hydrogens is 256 g/mol. The monoisotopic (exact) mass is 276 g/mol. The summed E-state index contributed by atoms with van der Waals surface area (Å²) in [5, 5.41) is 14.9. The van der Waals surface area contributed by atoms with Crippen molar-refractivity contribution in [1.82, 2.24) is 10.3 Å². The molecule has 1 aromatic heterocycles. The molecular formula is C14H20N4O2. The van der Waals surface area contributed by atoms with E-state index in [0.717, 1.165) is 25.0 Å². The Morgan fingerprint density at radius 2 is 2.15 bits per heavy atom. The molecule has 0 aromatic carbocycles. The minimum absolute atomic E-state index is 0.00993. The molecule has 1 heterocycles. The lowest BCUT2D eigenvalue weighted by atomic mass is 9.72. The van der Waals surface area contributed by atoms with E-state index in [4.69, 9.17) is 10.9 Å². The topological polar surface area (TPSA) is 101 Å². The van der Waals surface area contributed by atoms with E-state index >= 15 is 0 Å². The van der Waals surface area contributed by atoms with Gasteiger partial charge in [-0.05, 0) is 25.0 Å². The Balaban J connectivity index is 2.07. The number of hydrogen-bond donors (Lipinski definition) is 3. The van der Waals surface area contributed by atoms with Crippen LogP contribution in [0.1, 0.15) is 37.8 Å². The normalized spacial score (nSPS) is 18.5. The number of pyridine rings is 1. The van der Waals surface area contributed by atoms with E-state index in [9.17, 15) is 4.79 Å². The lowest BCUT2D eigenvalue weighted by Crippen LogP contribution is -2.50. The second-order valence-corrected chi connectivity index (χ2v) is 5.13. The predicted octanol–water partition coefficient (Wildman–Crippen LogP) is 1.39. The molecule has 20 heavy (non-hydrogen) atoms. The molecule has 0 radical (unpaired) electrons. The van der Waals surface area contributed by atoms with Crippen molar-refractivity contribution in [2.24, 2.45) is 16.3 Å². The zero-order valence-electron chi connectivity index (χ0n) is 11.4. The summed E-state index contributed by atoms with van der Waals surface area (Å²) in [7, 11) is 0. The van der Waals surface area contributed by atoms with Crippen LogP contribution < -0.4 is 11.1 Å². The van der Waals surface area contributed by atoms with E-state index in [1.165, 1.54) is 0 Å². The molecule has 2 rings (SSSR count). The first-order valence-corrected chi connectivity index (χ1v) is 6.85. The number of aromatic nitrogens is 1. The van der Waals surface area contributed by atoms with Crippen LogP contribution in [0.5, 0.6) is 0 Å². The molecule has 4 N–H and O–H groups in total. The van der Waals surface area contributed by atoms with Crippen LogP contribution in [0, 0.1) is 5.41 Å². The number of rotatable bonds is 4. The van der Waals surface area contributed by atoms with Gasteiger partial charge < -0.3 is 16.3 Å². The minimum atomic E-state index is -0.873. The fraction of sp³-hybridized carbons (Fsp3) is 0.500. The van der Waals surface area contributed by atoms with E-state index in [1.807, 2.05) is 18.2 Å². The van der Waals surface area contributed by atoms with E-state index in [-0.39, 0.29) is 11.7 Å². The molecule has 6 heteroatoms. The highest BCUT2D eigenvalue weighted by molar-refractivity contribution is 6.06. The zero-order valence-corrected chi connectivity index (χ0v) is 11.4. The van der Waals surface area contributed by atoms with Gasteiger partial charge in [-0.3, -0.25) is 9.78 Å². The number of hydrogen-bond acceptors (Lipinski definition) is 4. The predicted molar refractivity (Wildman–Crippen MR) is 75.0 cm³/mol. The number of amides is 1. The zero-order chi connectivity index (χ0) is 14.4. The van der Waals surface area contributed by atoms with Crippen LogP contribution in [-0.2, 0) is 11.3 Å². The van der Waals surface area contributed by atoms with Crippen LogP contribution in [0.25, 0.3) is 0 Å². The lowest BCUT2D eigenvalue weighted by molar-refractivity contribution is -0.129. The Hall–Kier alpha value is -2.11. The summed E-state index contributed by atoms with van der Waals surface area (Å²) >= 11 is 0. The van der Waals surface area contributed by atoms with Gasteiger partial charge in [0.2, 0.25) is 5.91 Å². The molecule has 0 bridgehead atoms. The molecule has 0 spiro atoms. The van der Waals surface area contributed by atoms with Gasteiger partial charge in [-0.15, -0.1) is 0 Å². The van der Waals surface area contributed by atoms with E-state index in [0.29, 0.717) is 19.4 Å². The maximum atomic E-state index is 12.5. The van der Waals surface area contributed by atoms with Crippen LogP contribution in [0.3, 0.4) is 0 Å². The number of nitrogens with zero attached hydrogens (tertiary/aromatic N) is 2. The van der Waals surface area contributed by atoms with Crippen molar-refractivity contribution in [3.05, 3.63) is 30.1 Å². The third-order valence-electron chi connectivity index (χ3n) is 3.90. The highest BCUT2D eigenvalue weighted by atomic mass is 16.4. The van der Waals surface area contributed by atoms with Gasteiger partial charge in [-0.1, -0.05) is 30.5 Å². The van der Waals surface area contributed by atoms with Crippen LogP contribution >= 0.6 is 0 Å². The van der Waals surface area contributed by atoms with Gasteiger partial charge >= 0.3 is 0 Å². The van der Waals surface area contributed by atoms with Crippen molar-refractivity contribution in [3.63, 3.8) is 0 Å². The summed E-state index contributed by atoms with van der Waals surface area (Å²) in [4.78, 5) is 16.6. The fourth-order valence-electron chi connectivity index (χ4n) is 2.69. The molecule has 0 unspecified atom stereocenters. The van der Waals surface area contributed by atoms with Crippen molar-refractivity contribution in [3.8, 4) is 0 Å². The molecule has 0 atom stereocenters. The number of carbonyl (C=O) groups is 1. The molecule has 1 fully saturated rings. The highest BCUT2D eigenvalue weighted by Crippen LogP contribution is 2.36. The SMILES string of the molecule is NC(=NO)C1(C(=O)NCc2ccccn2)CCCCC1. The van der Waals surface area contributed by atoms with Crippen molar-refractivity contribution in [2.45, 2.75) is 38.6 Å².